The van der Waals surface area contributed by atoms with E-state index in [1.807, 2.05) is 42.2 Å². The Morgan fingerprint density at radius 1 is 1.00 bits per heavy atom. The fourth-order valence-corrected chi connectivity index (χ4v) is 2.67. The number of hydrogen-bond donors (Lipinski definition) is 1. The topological polar surface area (TPSA) is 84.4 Å². The quantitative estimate of drug-likeness (QED) is 0.661. The van der Waals surface area contributed by atoms with Crippen LogP contribution < -0.4 is 10.2 Å². The Bertz CT molecular complexity index is 942. The molecule has 0 saturated heterocycles. The monoisotopic (exact) mass is 376 g/mol. The molecule has 1 heterocycles. The third-order valence-corrected chi connectivity index (χ3v) is 4.10. The zero-order valence-corrected chi connectivity index (χ0v) is 15.6. The fraction of sp³-hybridized carbons (Fsp3) is 0.143. The first-order chi connectivity index (χ1) is 13.6. The predicted octanol–water partition coefficient (Wildman–Crippen LogP) is 3.67. The van der Waals surface area contributed by atoms with Crippen molar-refractivity contribution in [1.82, 2.24) is 9.97 Å². The molecule has 0 aliphatic rings. The molecule has 0 aliphatic heterocycles. The van der Waals surface area contributed by atoms with Gasteiger partial charge in [0.25, 0.3) is 5.91 Å². The number of methoxy groups -OCH3 is 1. The number of hydrogen-bond acceptors (Lipinski definition) is 6. The first-order valence-electron chi connectivity index (χ1n) is 8.76. The smallest absolute Gasteiger partial charge is 0.337 e. The number of nitrogens with one attached hydrogen (secondary N) is 1. The number of esters is 1. The van der Waals surface area contributed by atoms with Gasteiger partial charge in [0, 0.05) is 17.9 Å². The molecule has 0 saturated carbocycles. The minimum atomic E-state index is -0.432. The van der Waals surface area contributed by atoms with Crippen molar-refractivity contribution in [3.63, 3.8) is 0 Å². The van der Waals surface area contributed by atoms with Gasteiger partial charge in [0.15, 0.2) is 5.82 Å². The number of carbonyl (C=O) groups is 2. The highest BCUT2D eigenvalue weighted by molar-refractivity contribution is 6.03. The van der Waals surface area contributed by atoms with Gasteiger partial charge in [0.2, 0.25) is 0 Å². The van der Waals surface area contributed by atoms with Crippen LogP contribution in [0.2, 0.25) is 0 Å². The van der Waals surface area contributed by atoms with E-state index in [0.29, 0.717) is 17.1 Å². The van der Waals surface area contributed by atoms with Gasteiger partial charge in [0.1, 0.15) is 5.69 Å². The van der Waals surface area contributed by atoms with Gasteiger partial charge in [-0.1, -0.05) is 18.2 Å². The molecule has 0 fully saturated rings. The molecule has 0 radical (unpaired) electrons. The lowest BCUT2D eigenvalue weighted by Gasteiger charge is -2.21. The molecule has 0 bridgehead atoms. The summed E-state index contributed by atoms with van der Waals surface area (Å²) in [5.74, 6) is -0.154. The van der Waals surface area contributed by atoms with Crippen LogP contribution in [0.25, 0.3) is 0 Å². The maximum absolute atomic E-state index is 12.4. The van der Waals surface area contributed by atoms with E-state index in [2.05, 4.69) is 20.0 Å². The van der Waals surface area contributed by atoms with Crippen LogP contribution in [0, 0.1) is 0 Å². The maximum Gasteiger partial charge on any atom is 0.337 e. The summed E-state index contributed by atoms with van der Waals surface area (Å²) in [7, 11) is 1.32. The molecule has 142 valence electrons. The van der Waals surface area contributed by atoms with Crippen LogP contribution in [-0.2, 0) is 4.74 Å². The summed E-state index contributed by atoms with van der Waals surface area (Å²) in [6.07, 6.45) is 3.02. The summed E-state index contributed by atoms with van der Waals surface area (Å²) in [5, 5.41) is 2.73. The van der Waals surface area contributed by atoms with Crippen molar-refractivity contribution in [3.05, 3.63) is 78.2 Å². The molecule has 0 unspecified atom stereocenters. The molecule has 2 aromatic carbocycles. The molecular formula is C21H20N4O3. The largest absolute Gasteiger partial charge is 0.465 e. The van der Waals surface area contributed by atoms with Crippen molar-refractivity contribution in [1.29, 1.82) is 0 Å². The van der Waals surface area contributed by atoms with Gasteiger partial charge >= 0.3 is 5.97 Å². The lowest BCUT2D eigenvalue weighted by molar-refractivity contribution is 0.0600. The second kappa shape index (κ2) is 8.77. The molecule has 1 N–H and O–H groups in total. The summed E-state index contributed by atoms with van der Waals surface area (Å²) < 4.78 is 4.65. The minimum absolute atomic E-state index is 0.199. The van der Waals surface area contributed by atoms with Crippen molar-refractivity contribution < 1.29 is 14.3 Å². The molecule has 3 aromatic rings. The average molecular weight is 376 g/mol. The zero-order valence-electron chi connectivity index (χ0n) is 15.6. The van der Waals surface area contributed by atoms with Gasteiger partial charge in [0.05, 0.1) is 25.1 Å². The van der Waals surface area contributed by atoms with Crippen LogP contribution in [0.15, 0.2) is 67.0 Å². The maximum atomic E-state index is 12.4. The third kappa shape index (κ3) is 4.32. The van der Waals surface area contributed by atoms with Crippen molar-refractivity contribution in [2.75, 3.05) is 23.9 Å². The first kappa shape index (κ1) is 19.0. The highest BCUT2D eigenvalue weighted by Crippen LogP contribution is 2.22. The lowest BCUT2D eigenvalue weighted by atomic mass is 10.2. The Hall–Kier alpha value is -3.74. The number of nitrogens with zero attached hydrogens (tertiary/aromatic N) is 3. The van der Waals surface area contributed by atoms with Crippen LogP contribution in [0.1, 0.15) is 27.8 Å². The predicted molar refractivity (Wildman–Crippen MR) is 107 cm³/mol. The molecule has 1 aromatic heterocycles. The van der Waals surface area contributed by atoms with E-state index < -0.39 is 5.97 Å². The summed E-state index contributed by atoms with van der Waals surface area (Å²) >= 11 is 0. The number of para-hydroxylation sites is 1. The standard InChI is InChI=1S/C21H20N4O3/c1-3-25(17-7-5-4-6-8-17)19-14-22-18(13-23-19)20(26)24-16-11-9-15(10-12-16)21(27)28-2/h4-14H,3H2,1-2H3,(H,24,26). The van der Waals surface area contributed by atoms with Crippen LogP contribution in [0.5, 0.6) is 0 Å². The molecule has 7 heteroatoms. The second-order valence-corrected chi connectivity index (χ2v) is 5.86. The third-order valence-electron chi connectivity index (χ3n) is 4.10. The molecule has 0 atom stereocenters. The van der Waals surface area contributed by atoms with Gasteiger partial charge in [-0.15, -0.1) is 0 Å². The Morgan fingerprint density at radius 3 is 2.29 bits per heavy atom. The van der Waals surface area contributed by atoms with Gasteiger partial charge in [-0.25, -0.2) is 14.8 Å². The van der Waals surface area contributed by atoms with Crippen molar-refractivity contribution in [2.45, 2.75) is 6.92 Å². The SMILES string of the molecule is CCN(c1ccccc1)c1cnc(C(=O)Nc2ccc(C(=O)OC)cc2)cn1. The van der Waals surface area contributed by atoms with Crippen molar-refractivity contribution >= 4 is 29.1 Å². The summed E-state index contributed by atoms with van der Waals surface area (Å²) in [5.41, 5.74) is 2.15. The lowest BCUT2D eigenvalue weighted by Crippen LogP contribution is -2.19. The van der Waals surface area contributed by atoms with Crippen LogP contribution in [0.3, 0.4) is 0 Å². The molecule has 0 aliphatic carbocycles. The number of carbonyl (C=O) groups excluding carboxylic acids is 2. The zero-order chi connectivity index (χ0) is 19.9. The number of anilines is 3. The van der Waals surface area contributed by atoms with E-state index in [1.54, 1.807) is 30.5 Å². The van der Waals surface area contributed by atoms with E-state index in [0.717, 1.165) is 12.2 Å². The van der Waals surface area contributed by atoms with Crippen LogP contribution in [0.4, 0.5) is 17.2 Å². The molecule has 0 spiro atoms. The normalized spacial score (nSPS) is 10.2. The van der Waals surface area contributed by atoms with Gasteiger partial charge in [-0.2, -0.15) is 0 Å². The Kier molecular flexibility index (Phi) is 5.96. The molecule has 7 nitrogen and oxygen atoms in total. The van der Waals surface area contributed by atoms with E-state index in [4.69, 9.17) is 0 Å². The van der Waals surface area contributed by atoms with E-state index >= 15 is 0 Å². The summed E-state index contributed by atoms with van der Waals surface area (Å²) in [6.45, 7) is 2.74. The van der Waals surface area contributed by atoms with Crippen molar-refractivity contribution in [2.24, 2.45) is 0 Å². The number of ether oxygens (including phenoxy) is 1. The Morgan fingerprint density at radius 2 is 1.71 bits per heavy atom. The minimum Gasteiger partial charge on any atom is -0.465 e. The molecule has 28 heavy (non-hydrogen) atoms. The number of aromatic nitrogens is 2. The number of amides is 1. The van der Waals surface area contributed by atoms with Crippen molar-refractivity contribution in [3.8, 4) is 0 Å². The molecule has 3 rings (SSSR count). The van der Waals surface area contributed by atoms with E-state index in [9.17, 15) is 9.59 Å². The fourth-order valence-electron chi connectivity index (χ4n) is 2.67. The first-order valence-corrected chi connectivity index (χ1v) is 8.76. The molecular weight excluding hydrogens is 356 g/mol. The second-order valence-electron chi connectivity index (χ2n) is 5.86. The van der Waals surface area contributed by atoms with E-state index in [-0.39, 0.29) is 11.6 Å². The number of rotatable bonds is 6. The van der Waals surface area contributed by atoms with Gasteiger partial charge < -0.3 is 15.0 Å². The molecule has 1 amide bonds. The Labute approximate surface area is 163 Å². The summed E-state index contributed by atoms with van der Waals surface area (Å²) in [6, 6.07) is 16.3. The van der Waals surface area contributed by atoms with E-state index in [1.165, 1.54) is 13.3 Å². The summed E-state index contributed by atoms with van der Waals surface area (Å²) in [4.78, 5) is 34.5. The Balaban J connectivity index is 1.70. The number of benzene rings is 2. The highest BCUT2D eigenvalue weighted by Gasteiger charge is 2.13. The van der Waals surface area contributed by atoms with Crippen LogP contribution in [-0.4, -0.2) is 35.5 Å². The average Bonchev–Trinajstić information content (AvgIpc) is 2.75. The highest BCUT2D eigenvalue weighted by atomic mass is 16.5. The van der Waals surface area contributed by atoms with Gasteiger partial charge in [-0.3, -0.25) is 4.79 Å². The van der Waals surface area contributed by atoms with Crippen LogP contribution >= 0.6 is 0 Å². The van der Waals surface area contributed by atoms with Gasteiger partial charge in [-0.05, 0) is 43.3 Å².